The molecule has 0 aliphatic carbocycles. The van der Waals surface area contributed by atoms with E-state index in [9.17, 15) is 0 Å². The van der Waals surface area contributed by atoms with Crippen LogP contribution in [0.2, 0.25) is 0 Å². The van der Waals surface area contributed by atoms with Crippen molar-refractivity contribution in [2.75, 3.05) is 0 Å². The highest BCUT2D eigenvalue weighted by Gasteiger charge is 2.20. The highest BCUT2D eigenvalue weighted by molar-refractivity contribution is 5.75. The second-order valence-electron chi connectivity index (χ2n) is 10.5. The van der Waals surface area contributed by atoms with Crippen molar-refractivity contribution in [3.63, 3.8) is 0 Å². The van der Waals surface area contributed by atoms with Gasteiger partial charge >= 0.3 is 0 Å². The van der Waals surface area contributed by atoms with E-state index < -0.39 is 0 Å². The Kier molecular flexibility index (Phi) is 6.39. The van der Waals surface area contributed by atoms with E-state index in [0.717, 1.165) is 38.9 Å². The molecule has 1 aliphatic rings. The maximum atomic E-state index is 6.32. The van der Waals surface area contributed by atoms with Crippen molar-refractivity contribution in [2.45, 2.75) is 0 Å². The van der Waals surface area contributed by atoms with Gasteiger partial charge in [0.05, 0.1) is 0 Å². The molecule has 5 nitrogen and oxygen atoms in total. The molecular weight excluding hydrogens is 542 g/mol. The summed E-state index contributed by atoms with van der Waals surface area (Å²) in [6.07, 6.45) is 0. The van der Waals surface area contributed by atoms with Crippen molar-refractivity contribution in [1.29, 1.82) is 0 Å². The van der Waals surface area contributed by atoms with Crippen LogP contribution in [0.5, 0.6) is 23.0 Å². The predicted octanol–water partition coefficient (Wildman–Crippen LogP) is 10.1. The summed E-state index contributed by atoms with van der Waals surface area (Å²) in [5.74, 6) is 4.62. The third-order valence-corrected chi connectivity index (χ3v) is 7.59. The summed E-state index contributed by atoms with van der Waals surface area (Å²) in [6.45, 7) is 0. The van der Waals surface area contributed by atoms with Gasteiger partial charge in [0, 0.05) is 16.7 Å². The molecule has 0 amide bonds. The highest BCUT2D eigenvalue weighted by Crippen LogP contribution is 2.47. The second-order valence-corrected chi connectivity index (χ2v) is 10.5. The van der Waals surface area contributed by atoms with E-state index in [1.54, 1.807) is 0 Å². The molecule has 0 atom stereocenters. The van der Waals surface area contributed by atoms with E-state index in [1.807, 2.05) is 121 Å². The summed E-state index contributed by atoms with van der Waals surface area (Å²) < 4.78 is 12.6. The molecule has 0 saturated heterocycles. The van der Waals surface area contributed by atoms with Gasteiger partial charge in [0.15, 0.2) is 40.5 Å². The van der Waals surface area contributed by atoms with Crippen LogP contribution in [0.3, 0.4) is 0 Å². The quantitative estimate of drug-likeness (QED) is 0.207. The lowest BCUT2D eigenvalue weighted by molar-refractivity contribution is 0.360. The van der Waals surface area contributed by atoms with Crippen LogP contribution in [-0.2, 0) is 0 Å². The second kappa shape index (κ2) is 11.0. The van der Waals surface area contributed by atoms with Crippen molar-refractivity contribution in [2.24, 2.45) is 0 Å². The molecule has 0 bridgehead atoms. The van der Waals surface area contributed by atoms with E-state index in [2.05, 4.69) is 30.3 Å². The number of hydrogen-bond acceptors (Lipinski definition) is 5. The largest absolute Gasteiger partial charge is 0.449 e. The van der Waals surface area contributed by atoms with Crippen molar-refractivity contribution < 1.29 is 9.47 Å². The lowest BCUT2D eigenvalue weighted by Crippen LogP contribution is -2.00. The third-order valence-electron chi connectivity index (χ3n) is 7.59. The number of fused-ring (bicyclic) bond motifs is 2. The maximum absolute atomic E-state index is 6.32. The van der Waals surface area contributed by atoms with Crippen LogP contribution in [0.25, 0.3) is 56.4 Å². The first-order valence-corrected chi connectivity index (χ1v) is 14.4. The Morgan fingerprint density at radius 2 is 0.659 bits per heavy atom. The maximum Gasteiger partial charge on any atom is 0.170 e. The topological polar surface area (TPSA) is 57.1 Å². The van der Waals surface area contributed by atoms with Crippen LogP contribution >= 0.6 is 0 Å². The van der Waals surface area contributed by atoms with Gasteiger partial charge in [-0.1, -0.05) is 121 Å². The van der Waals surface area contributed by atoms with Crippen molar-refractivity contribution in [3.05, 3.63) is 152 Å². The number of rotatable bonds is 5. The van der Waals surface area contributed by atoms with E-state index in [1.165, 1.54) is 0 Å². The molecule has 0 N–H and O–H groups in total. The third kappa shape index (κ3) is 4.97. The SMILES string of the molecule is c1ccc(-c2ccc3c(c2)Oc2ccc(-c4cccc(-c5nc(-c6ccccc6)nc(-c6ccccc6)n5)c4)cc2O3)cc1. The number of benzene rings is 6. The number of ether oxygens (including phenoxy) is 2. The van der Waals surface area contributed by atoms with Crippen LogP contribution < -0.4 is 9.47 Å². The molecule has 7 aromatic rings. The fraction of sp³-hybridized carbons (Fsp3) is 0. The average Bonchev–Trinajstić information content (AvgIpc) is 3.11. The fourth-order valence-corrected chi connectivity index (χ4v) is 5.35. The van der Waals surface area contributed by atoms with Gasteiger partial charge in [-0.3, -0.25) is 0 Å². The Morgan fingerprint density at radius 3 is 1.18 bits per heavy atom. The van der Waals surface area contributed by atoms with Crippen molar-refractivity contribution in [1.82, 2.24) is 15.0 Å². The minimum atomic E-state index is 0.611. The van der Waals surface area contributed by atoms with Gasteiger partial charge in [-0.15, -0.1) is 0 Å². The Bertz CT molecular complexity index is 2060. The van der Waals surface area contributed by atoms with Gasteiger partial charge in [-0.05, 0) is 52.6 Å². The smallest absolute Gasteiger partial charge is 0.170 e. The van der Waals surface area contributed by atoms with Crippen molar-refractivity contribution in [3.8, 4) is 79.4 Å². The summed E-state index contributed by atoms with van der Waals surface area (Å²) in [7, 11) is 0. The van der Waals surface area contributed by atoms with Gasteiger partial charge in [-0.2, -0.15) is 0 Å². The van der Waals surface area contributed by atoms with Gasteiger partial charge in [0.1, 0.15) is 0 Å². The van der Waals surface area contributed by atoms with Gasteiger partial charge in [0.25, 0.3) is 0 Å². The summed E-state index contributed by atoms with van der Waals surface area (Å²) in [4.78, 5) is 14.6. The zero-order valence-electron chi connectivity index (χ0n) is 23.6. The lowest BCUT2D eigenvalue weighted by atomic mass is 10.0. The molecular formula is C39H25N3O2. The zero-order chi connectivity index (χ0) is 29.3. The van der Waals surface area contributed by atoms with Gasteiger partial charge < -0.3 is 9.47 Å². The zero-order valence-corrected chi connectivity index (χ0v) is 23.6. The molecule has 6 aromatic carbocycles. The van der Waals surface area contributed by atoms with Crippen LogP contribution in [-0.4, -0.2) is 15.0 Å². The molecule has 1 aliphatic heterocycles. The monoisotopic (exact) mass is 567 g/mol. The first kappa shape index (κ1) is 25.6. The number of aromatic nitrogens is 3. The van der Waals surface area contributed by atoms with E-state index in [-0.39, 0.29) is 0 Å². The Hall–Kier alpha value is -6.07. The molecule has 0 fully saturated rings. The molecule has 208 valence electrons. The minimum absolute atomic E-state index is 0.611. The normalized spacial score (nSPS) is 11.5. The summed E-state index contributed by atoms with van der Waals surface area (Å²) >= 11 is 0. The molecule has 0 saturated carbocycles. The highest BCUT2D eigenvalue weighted by atomic mass is 16.6. The Morgan fingerprint density at radius 1 is 0.273 bits per heavy atom. The Labute approximate surface area is 255 Å². The first-order valence-electron chi connectivity index (χ1n) is 14.4. The Balaban J connectivity index is 1.13. The summed E-state index contributed by atoms with van der Waals surface area (Å²) in [5.41, 5.74) is 6.99. The van der Waals surface area contributed by atoms with E-state index >= 15 is 0 Å². The fourth-order valence-electron chi connectivity index (χ4n) is 5.35. The molecule has 1 aromatic heterocycles. The molecule has 0 radical (unpaired) electrons. The molecule has 2 heterocycles. The standard InChI is InChI=1S/C39H25N3O2/c1-4-11-26(12-5-1)30-19-21-33-35(24-30)43-34-22-20-31(25-36(34)44-33)29-17-10-18-32(23-29)39-41-37(27-13-6-2-7-14-27)40-38(42-39)28-15-8-3-9-16-28/h1-25H. The molecule has 0 unspecified atom stereocenters. The van der Waals surface area contributed by atoms with Gasteiger partial charge in [0.2, 0.25) is 0 Å². The predicted molar refractivity (Wildman–Crippen MR) is 174 cm³/mol. The number of nitrogens with zero attached hydrogens (tertiary/aromatic N) is 3. The van der Waals surface area contributed by atoms with Crippen LogP contribution in [0.4, 0.5) is 0 Å². The summed E-state index contributed by atoms with van der Waals surface area (Å²) in [5, 5.41) is 0. The molecule has 0 spiro atoms. The number of hydrogen-bond donors (Lipinski definition) is 0. The van der Waals surface area contributed by atoms with E-state index in [0.29, 0.717) is 40.5 Å². The summed E-state index contributed by atoms with van der Waals surface area (Å²) in [6, 6.07) is 50.5. The lowest BCUT2D eigenvalue weighted by Gasteiger charge is -2.22. The average molecular weight is 568 g/mol. The van der Waals surface area contributed by atoms with E-state index in [4.69, 9.17) is 24.4 Å². The molecule has 8 rings (SSSR count). The first-order chi connectivity index (χ1) is 21.8. The van der Waals surface area contributed by atoms with Gasteiger partial charge in [-0.25, -0.2) is 15.0 Å². The van der Waals surface area contributed by atoms with Crippen LogP contribution in [0, 0.1) is 0 Å². The van der Waals surface area contributed by atoms with Crippen LogP contribution in [0.1, 0.15) is 0 Å². The van der Waals surface area contributed by atoms with Crippen molar-refractivity contribution >= 4 is 0 Å². The minimum Gasteiger partial charge on any atom is -0.449 e. The van der Waals surface area contributed by atoms with Crippen LogP contribution in [0.15, 0.2) is 152 Å². The molecule has 5 heteroatoms. The molecule has 44 heavy (non-hydrogen) atoms.